The Morgan fingerprint density at radius 2 is 1.95 bits per heavy atom. The van der Waals surface area contributed by atoms with Gasteiger partial charge in [0.15, 0.2) is 0 Å². The van der Waals surface area contributed by atoms with E-state index < -0.39 is 10.0 Å². The van der Waals surface area contributed by atoms with Crippen molar-refractivity contribution in [2.75, 3.05) is 5.32 Å². The number of aryl methyl sites for hydroxylation is 1. The molecule has 0 fully saturated rings. The van der Waals surface area contributed by atoms with Crippen LogP contribution in [0.15, 0.2) is 17.0 Å². The second-order valence-electron chi connectivity index (χ2n) is 4.61. The smallest absolute Gasteiger partial charge is 0.238 e. The van der Waals surface area contributed by atoms with Gasteiger partial charge in [0, 0.05) is 12.1 Å². The highest BCUT2D eigenvalue weighted by atomic mass is 32.2. The van der Waals surface area contributed by atoms with Crippen molar-refractivity contribution < 1.29 is 13.2 Å². The molecule has 0 aliphatic rings. The summed E-state index contributed by atoms with van der Waals surface area (Å²) in [7, 11) is -3.77. The van der Waals surface area contributed by atoms with Crippen molar-refractivity contribution in [3.05, 3.63) is 23.3 Å². The summed E-state index contributed by atoms with van der Waals surface area (Å²) in [4.78, 5) is 11.7. The summed E-state index contributed by atoms with van der Waals surface area (Å²) in [5.41, 5.74) is 2.12. The minimum atomic E-state index is -3.77. The maximum atomic E-state index is 11.7. The number of hydrogen-bond donors (Lipinski definition) is 2. The van der Waals surface area contributed by atoms with Gasteiger partial charge in [-0.05, 0) is 43.5 Å². The van der Waals surface area contributed by atoms with E-state index in [-0.39, 0.29) is 10.8 Å². The van der Waals surface area contributed by atoms with Crippen LogP contribution in [0.25, 0.3) is 0 Å². The quantitative estimate of drug-likeness (QED) is 0.867. The van der Waals surface area contributed by atoms with Gasteiger partial charge >= 0.3 is 0 Å². The Kier molecular flexibility index (Phi) is 5.08. The molecular weight excluding hydrogens is 264 g/mol. The van der Waals surface area contributed by atoms with Crippen molar-refractivity contribution in [2.45, 2.75) is 44.9 Å². The molecule has 0 bridgehead atoms. The fraction of sp³-hybridized carbons (Fsp3) is 0.462. The molecule has 5 nitrogen and oxygen atoms in total. The van der Waals surface area contributed by atoms with Crippen molar-refractivity contribution in [3.63, 3.8) is 0 Å². The topological polar surface area (TPSA) is 89.3 Å². The number of unbranched alkanes of at least 4 members (excludes halogenated alkanes) is 1. The lowest BCUT2D eigenvalue weighted by Crippen LogP contribution is -2.16. The molecule has 1 aromatic carbocycles. The summed E-state index contributed by atoms with van der Waals surface area (Å²) < 4.78 is 22.7. The van der Waals surface area contributed by atoms with E-state index in [1.165, 1.54) is 12.1 Å². The summed E-state index contributed by atoms with van der Waals surface area (Å²) in [5.74, 6) is -0.115. The van der Waals surface area contributed by atoms with Gasteiger partial charge < -0.3 is 5.32 Å². The van der Waals surface area contributed by atoms with Gasteiger partial charge in [-0.25, -0.2) is 13.6 Å². The molecule has 0 unspecified atom stereocenters. The molecule has 0 saturated heterocycles. The fourth-order valence-electron chi connectivity index (χ4n) is 1.67. The molecule has 1 aromatic rings. The molecule has 0 aromatic heterocycles. The molecule has 0 saturated carbocycles. The molecule has 0 heterocycles. The fourth-order valence-corrected chi connectivity index (χ4v) is 2.29. The Hall–Kier alpha value is -1.40. The van der Waals surface area contributed by atoms with Crippen LogP contribution in [0.2, 0.25) is 0 Å². The van der Waals surface area contributed by atoms with Gasteiger partial charge in [-0.1, -0.05) is 13.3 Å². The van der Waals surface area contributed by atoms with Gasteiger partial charge in [-0.2, -0.15) is 0 Å². The van der Waals surface area contributed by atoms with E-state index >= 15 is 0 Å². The minimum Gasteiger partial charge on any atom is -0.326 e. The highest BCUT2D eigenvalue weighted by Gasteiger charge is 2.13. The maximum absolute atomic E-state index is 11.7. The summed E-state index contributed by atoms with van der Waals surface area (Å²) in [6.45, 7) is 5.62. The van der Waals surface area contributed by atoms with Gasteiger partial charge in [0.1, 0.15) is 0 Å². The average molecular weight is 284 g/mol. The molecule has 0 spiro atoms. The molecule has 1 amide bonds. The number of carbonyl (C=O) groups excluding carboxylic acids is 1. The number of nitrogens with two attached hydrogens (primary N) is 1. The van der Waals surface area contributed by atoms with Gasteiger partial charge in [-0.15, -0.1) is 0 Å². The molecule has 0 radical (unpaired) electrons. The monoisotopic (exact) mass is 284 g/mol. The standard InChI is InChI=1S/C13H20N2O3S/c1-4-5-6-13(16)15-12-8-11(19(14,17)18)7-9(2)10(12)3/h7-8H,4-6H2,1-3H3,(H,15,16)(H2,14,17,18). The van der Waals surface area contributed by atoms with Crippen molar-refractivity contribution in [3.8, 4) is 0 Å². The number of nitrogens with one attached hydrogen (secondary N) is 1. The first-order valence-electron chi connectivity index (χ1n) is 6.19. The van der Waals surface area contributed by atoms with E-state index in [9.17, 15) is 13.2 Å². The predicted molar refractivity (Wildman–Crippen MR) is 75.4 cm³/mol. The van der Waals surface area contributed by atoms with Crippen LogP contribution in [-0.4, -0.2) is 14.3 Å². The first kappa shape index (κ1) is 15.7. The molecule has 0 atom stereocenters. The van der Waals surface area contributed by atoms with E-state index in [4.69, 9.17) is 5.14 Å². The van der Waals surface area contributed by atoms with Crippen LogP contribution >= 0.6 is 0 Å². The average Bonchev–Trinajstić information content (AvgIpc) is 2.30. The van der Waals surface area contributed by atoms with Crippen molar-refractivity contribution in [1.29, 1.82) is 0 Å². The van der Waals surface area contributed by atoms with E-state index in [2.05, 4.69) is 5.32 Å². The number of hydrogen-bond acceptors (Lipinski definition) is 3. The van der Waals surface area contributed by atoms with E-state index in [1.807, 2.05) is 13.8 Å². The minimum absolute atomic E-state index is 0.0152. The zero-order chi connectivity index (χ0) is 14.6. The zero-order valence-corrected chi connectivity index (χ0v) is 12.3. The van der Waals surface area contributed by atoms with Crippen LogP contribution in [0.3, 0.4) is 0 Å². The first-order chi connectivity index (χ1) is 8.75. The number of benzene rings is 1. The Morgan fingerprint density at radius 3 is 2.47 bits per heavy atom. The van der Waals surface area contributed by atoms with E-state index in [0.717, 1.165) is 24.0 Å². The van der Waals surface area contributed by atoms with Crippen LogP contribution in [-0.2, 0) is 14.8 Å². The number of sulfonamides is 1. The van der Waals surface area contributed by atoms with Crippen LogP contribution in [0.4, 0.5) is 5.69 Å². The molecule has 1 rings (SSSR count). The Bertz CT molecular complexity index is 580. The molecule has 106 valence electrons. The lowest BCUT2D eigenvalue weighted by molar-refractivity contribution is -0.116. The maximum Gasteiger partial charge on any atom is 0.238 e. The lowest BCUT2D eigenvalue weighted by Gasteiger charge is -2.12. The summed E-state index contributed by atoms with van der Waals surface area (Å²) >= 11 is 0. The van der Waals surface area contributed by atoms with Gasteiger partial charge in [0.05, 0.1) is 4.90 Å². The first-order valence-corrected chi connectivity index (χ1v) is 7.74. The highest BCUT2D eigenvalue weighted by molar-refractivity contribution is 7.89. The normalized spacial score (nSPS) is 11.4. The van der Waals surface area contributed by atoms with E-state index in [0.29, 0.717) is 12.1 Å². The number of anilines is 1. The third-order valence-corrected chi connectivity index (χ3v) is 3.89. The Morgan fingerprint density at radius 1 is 1.32 bits per heavy atom. The number of carbonyl (C=O) groups is 1. The van der Waals surface area contributed by atoms with E-state index in [1.54, 1.807) is 6.92 Å². The molecule has 19 heavy (non-hydrogen) atoms. The van der Waals surface area contributed by atoms with Crippen LogP contribution in [0.5, 0.6) is 0 Å². The van der Waals surface area contributed by atoms with Crippen molar-refractivity contribution in [2.24, 2.45) is 5.14 Å². The number of rotatable bonds is 5. The van der Waals surface area contributed by atoms with Gasteiger partial charge in [-0.3, -0.25) is 4.79 Å². The Labute approximate surface area is 114 Å². The third-order valence-electron chi connectivity index (χ3n) is 3.00. The van der Waals surface area contributed by atoms with Crippen molar-refractivity contribution >= 4 is 21.6 Å². The third kappa shape index (κ3) is 4.33. The second kappa shape index (κ2) is 6.16. The van der Waals surface area contributed by atoms with Crippen LogP contribution in [0, 0.1) is 13.8 Å². The Balaban J connectivity index is 3.07. The SMILES string of the molecule is CCCCC(=O)Nc1cc(S(N)(=O)=O)cc(C)c1C. The number of amides is 1. The molecule has 0 aliphatic carbocycles. The highest BCUT2D eigenvalue weighted by Crippen LogP contribution is 2.23. The van der Waals surface area contributed by atoms with Crippen LogP contribution in [0.1, 0.15) is 37.3 Å². The predicted octanol–water partition coefficient (Wildman–Crippen LogP) is 2.08. The van der Waals surface area contributed by atoms with Crippen LogP contribution < -0.4 is 10.5 Å². The molecular formula is C13H20N2O3S. The van der Waals surface area contributed by atoms with Gasteiger partial charge in [0.2, 0.25) is 15.9 Å². The summed E-state index contributed by atoms with van der Waals surface area (Å²) in [6, 6.07) is 2.91. The van der Waals surface area contributed by atoms with Gasteiger partial charge in [0.25, 0.3) is 0 Å². The molecule has 6 heteroatoms. The summed E-state index contributed by atoms with van der Waals surface area (Å²) in [6.07, 6.45) is 2.16. The largest absolute Gasteiger partial charge is 0.326 e. The zero-order valence-electron chi connectivity index (χ0n) is 11.5. The molecule has 0 aliphatic heterocycles. The molecule has 3 N–H and O–H groups in total. The van der Waals surface area contributed by atoms with Crippen molar-refractivity contribution in [1.82, 2.24) is 0 Å². The summed E-state index contributed by atoms with van der Waals surface area (Å²) in [5, 5.41) is 7.85. The number of primary sulfonamides is 1. The lowest BCUT2D eigenvalue weighted by atomic mass is 10.1. The second-order valence-corrected chi connectivity index (χ2v) is 6.17.